The van der Waals surface area contributed by atoms with Crippen LogP contribution in [0.25, 0.3) is 0 Å². The van der Waals surface area contributed by atoms with Crippen LogP contribution in [0.3, 0.4) is 0 Å². The number of nitrogens with zero attached hydrogens (tertiary/aromatic N) is 4. The van der Waals surface area contributed by atoms with Gasteiger partial charge in [-0.2, -0.15) is 0 Å². The van der Waals surface area contributed by atoms with Gasteiger partial charge in [0.05, 0.1) is 12.4 Å². The fourth-order valence-electron chi connectivity index (χ4n) is 3.19. The van der Waals surface area contributed by atoms with Crippen LogP contribution in [0.1, 0.15) is 20.8 Å². The number of piperidine rings is 1. The molecule has 2 aliphatic rings. The number of rotatable bonds is 2. The van der Waals surface area contributed by atoms with E-state index in [0.717, 1.165) is 23.5 Å². The van der Waals surface area contributed by atoms with Crippen molar-refractivity contribution >= 4 is 27.8 Å². The van der Waals surface area contributed by atoms with Crippen molar-refractivity contribution in [2.75, 3.05) is 25.0 Å². The summed E-state index contributed by atoms with van der Waals surface area (Å²) in [6.07, 6.45) is 3.27. The van der Waals surface area contributed by atoms with E-state index in [1.165, 1.54) is 0 Å². The molecule has 1 saturated heterocycles. The average Bonchev–Trinajstić information content (AvgIpc) is 2.90. The number of hydrogen-bond donors (Lipinski definition) is 0. The van der Waals surface area contributed by atoms with E-state index in [-0.39, 0.29) is 6.09 Å². The van der Waals surface area contributed by atoms with Crippen molar-refractivity contribution in [1.29, 1.82) is 0 Å². The van der Waals surface area contributed by atoms with Gasteiger partial charge in [0.15, 0.2) is 0 Å². The second-order valence-corrected chi connectivity index (χ2v) is 7.82. The number of ether oxygens (including phenoxy) is 1. The number of aromatic nitrogens is 2. The lowest BCUT2D eigenvalue weighted by Crippen LogP contribution is -2.39. The molecule has 0 N–H and O–H groups in total. The Hall–Kier alpha value is -1.37. The molecule has 6 nitrogen and oxygen atoms in total. The standard InChI is InChI=1S/C15H21BrN4O2/c1-15(2,3)22-14(21)20-7-9-10(8-20)13(9)19(4)12-6-17-11(16)5-18-12/h5-6,9-10,13H,7-8H2,1-4H3/t9-,10+,13?. The molecule has 1 amide bonds. The van der Waals surface area contributed by atoms with E-state index in [1.807, 2.05) is 32.7 Å². The zero-order valence-corrected chi connectivity index (χ0v) is 14.9. The van der Waals surface area contributed by atoms with Crippen molar-refractivity contribution < 1.29 is 9.53 Å². The van der Waals surface area contributed by atoms with Crippen LogP contribution in [-0.2, 0) is 4.74 Å². The first kappa shape index (κ1) is 15.5. The molecular formula is C15H21BrN4O2. The largest absolute Gasteiger partial charge is 0.444 e. The van der Waals surface area contributed by atoms with Gasteiger partial charge in [0.25, 0.3) is 0 Å². The Morgan fingerprint density at radius 3 is 2.45 bits per heavy atom. The summed E-state index contributed by atoms with van der Waals surface area (Å²) >= 11 is 3.29. The summed E-state index contributed by atoms with van der Waals surface area (Å²) in [6.45, 7) is 7.20. The molecule has 0 radical (unpaired) electrons. The van der Waals surface area contributed by atoms with Crippen LogP contribution in [0.4, 0.5) is 10.6 Å². The lowest BCUT2D eigenvalue weighted by atomic mass is 10.2. The minimum Gasteiger partial charge on any atom is -0.444 e. The van der Waals surface area contributed by atoms with Gasteiger partial charge < -0.3 is 14.5 Å². The highest BCUT2D eigenvalue weighted by atomic mass is 79.9. The van der Waals surface area contributed by atoms with E-state index in [2.05, 4.69) is 30.8 Å². The fourth-order valence-corrected chi connectivity index (χ4v) is 3.39. The molecule has 22 heavy (non-hydrogen) atoms. The summed E-state index contributed by atoms with van der Waals surface area (Å²) in [7, 11) is 2.04. The second-order valence-electron chi connectivity index (χ2n) is 7.01. The third kappa shape index (κ3) is 3.04. The number of carbonyl (C=O) groups is 1. The predicted molar refractivity (Wildman–Crippen MR) is 86.7 cm³/mol. The molecule has 1 unspecified atom stereocenters. The molecule has 7 heteroatoms. The molecule has 1 aliphatic carbocycles. The Kier molecular flexibility index (Phi) is 3.79. The van der Waals surface area contributed by atoms with Crippen molar-refractivity contribution in [3.8, 4) is 0 Å². The molecule has 120 valence electrons. The molecule has 1 aliphatic heterocycles. The summed E-state index contributed by atoms with van der Waals surface area (Å²) in [4.78, 5) is 24.7. The number of halogens is 1. The highest BCUT2D eigenvalue weighted by molar-refractivity contribution is 9.10. The minimum absolute atomic E-state index is 0.204. The van der Waals surface area contributed by atoms with Gasteiger partial charge in [-0.3, -0.25) is 0 Å². The quantitative estimate of drug-likeness (QED) is 0.802. The molecular weight excluding hydrogens is 348 g/mol. The fraction of sp³-hybridized carbons (Fsp3) is 0.667. The number of hydrogen-bond acceptors (Lipinski definition) is 5. The first-order chi connectivity index (χ1) is 10.3. The van der Waals surface area contributed by atoms with Crippen LogP contribution < -0.4 is 4.90 Å². The van der Waals surface area contributed by atoms with Crippen molar-refractivity contribution in [2.45, 2.75) is 32.4 Å². The van der Waals surface area contributed by atoms with Crippen LogP contribution in [0, 0.1) is 11.8 Å². The molecule has 2 heterocycles. The zero-order chi connectivity index (χ0) is 16.1. The van der Waals surface area contributed by atoms with Crippen LogP contribution in [0.5, 0.6) is 0 Å². The number of likely N-dealkylation sites (tertiary alicyclic amines) is 1. The Morgan fingerprint density at radius 1 is 1.32 bits per heavy atom. The number of fused-ring (bicyclic) bond motifs is 1. The maximum Gasteiger partial charge on any atom is 0.410 e. The molecule has 1 aromatic heterocycles. The Labute approximate surface area is 139 Å². The van der Waals surface area contributed by atoms with E-state index < -0.39 is 5.60 Å². The van der Waals surface area contributed by atoms with E-state index in [4.69, 9.17) is 4.74 Å². The minimum atomic E-state index is -0.437. The summed E-state index contributed by atoms with van der Waals surface area (Å²) in [5, 5.41) is 0. The third-order valence-electron chi connectivity index (χ3n) is 4.22. The maximum atomic E-state index is 12.1. The first-order valence-electron chi connectivity index (χ1n) is 7.44. The summed E-state index contributed by atoms with van der Waals surface area (Å²) < 4.78 is 6.16. The van der Waals surface area contributed by atoms with Gasteiger partial charge in [-0.1, -0.05) is 0 Å². The molecule has 0 spiro atoms. The topological polar surface area (TPSA) is 58.6 Å². The van der Waals surface area contributed by atoms with Gasteiger partial charge in [-0.15, -0.1) is 0 Å². The Bertz CT molecular complexity index is 560. The molecule has 3 rings (SSSR count). The highest BCUT2D eigenvalue weighted by Gasteiger charge is 2.59. The average molecular weight is 369 g/mol. The van der Waals surface area contributed by atoms with Gasteiger partial charge in [-0.05, 0) is 36.7 Å². The third-order valence-corrected chi connectivity index (χ3v) is 4.63. The SMILES string of the molecule is CN(c1cnc(Br)cn1)C1[C@H]2CN(C(=O)OC(C)(C)C)C[C@@H]12. The first-order valence-corrected chi connectivity index (χ1v) is 8.24. The van der Waals surface area contributed by atoms with E-state index in [0.29, 0.717) is 17.9 Å². The lowest BCUT2D eigenvalue weighted by molar-refractivity contribution is 0.0271. The molecule has 0 bridgehead atoms. The second kappa shape index (κ2) is 5.37. The molecule has 2 fully saturated rings. The number of carbonyl (C=O) groups excluding carboxylic acids is 1. The van der Waals surface area contributed by atoms with Crippen LogP contribution >= 0.6 is 15.9 Å². The highest BCUT2D eigenvalue weighted by Crippen LogP contribution is 2.49. The predicted octanol–water partition coefficient (Wildman–Crippen LogP) is 2.54. The summed E-state index contributed by atoms with van der Waals surface area (Å²) in [6, 6.07) is 0.439. The number of anilines is 1. The van der Waals surface area contributed by atoms with Crippen molar-refractivity contribution in [3.63, 3.8) is 0 Å². The lowest BCUT2D eigenvalue weighted by Gasteiger charge is -2.27. The zero-order valence-electron chi connectivity index (χ0n) is 13.3. The van der Waals surface area contributed by atoms with Gasteiger partial charge in [-0.25, -0.2) is 14.8 Å². The van der Waals surface area contributed by atoms with E-state index in [1.54, 1.807) is 12.4 Å². The van der Waals surface area contributed by atoms with Crippen molar-refractivity contribution in [2.24, 2.45) is 11.8 Å². The normalized spacial score (nSPS) is 26.6. The van der Waals surface area contributed by atoms with Crippen molar-refractivity contribution in [3.05, 3.63) is 17.0 Å². The maximum absolute atomic E-state index is 12.1. The summed E-state index contributed by atoms with van der Waals surface area (Å²) in [5.74, 6) is 1.87. The summed E-state index contributed by atoms with van der Waals surface area (Å²) in [5.41, 5.74) is -0.437. The van der Waals surface area contributed by atoms with Crippen LogP contribution in [0.15, 0.2) is 17.0 Å². The Morgan fingerprint density at radius 2 is 1.95 bits per heavy atom. The van der Waals surface area contributed by atoms with Crippen LogP contribution in [-0.4, -0.2) is 52.7 Å². The molecule has 1 aromatic rings. The molecule has 3 atom stereocenters. The van der Waals surface area contributed by atoms with Gasteiger partial charge in [0.2, 0.25) is 0 Å². The molecule has 1 saturated carbocycles. The number of amides is 1. The Balaban J connectivity index is 1.56. The van der Waals surface area contributed by atoms with Gasteiger partial charge in [0, 0.05) is 38.0 Å². The monoisotopic (exact) mass is 368 g/mol. The van der Waals surface area contributed by atoms with Crippen LogP contribution in [0.2, 0.25) is 0 Å². The molecule has 0 aromatic carbocycles. The van der Waals surface area contributed by atoms with Gasteiger partial charge in [0.1, 0.15) is 16.0 Å². The van der Waals surface area contributed by atoms with Crippen molar-refractivity contribution in [1.82, 2.24) is 14.9 Å². The van der Waals surface area contributed by atoms with E-state index in [9.17, 15) is 4.79 Å². The van der Waals surface area contributed by atoms with E-state index >= 15 is 0 Å². The van der Waals surface area contributed by atoms with Gasteiger partial charge >= 0.3 is 6.09 Å². The smallest absolute Gasteiger partial charge is 0.410 e.